The van der Waals surface area contributed by atoms with Crippen molar-refractivity contribution in [3.63, 3.8) is 0 Å². The number of morpholine rings is 1. The maximum absolute atomic E-state index is 12.0. The van der Waals surface area contributed by atoms with Crippen molar-refractivity contribution in [3.8, 4) is 0 Å². The van der Waals surface area contributed by atoms with Gasteiger partial charge in [0, 0.05) is 25.2 Å². The van der Waals surface area contributed by atoms with Crippen LogP contribution in [0.4, 0.5) is 5.69 Å². The minimum absolute atomic E-state index is 0.266. The van der Waals surface area contributed by atoms with Crippen LogP contribution in [0.5, 0.6) is 0 Å². The van der Waals surface area contributed by atoms with Crippen LogP contribution in [0, 0.1) is 6.92 Å². The zero-order valence-corrected chi connectivity index (χ0v) is 10.5. The lowest BCUT2D eigenvalue weighted by molar-refractivity contribution is 0.123. The highest BCUT2D eigenvalue weighted by molar-refractivity contribution is 5.89. The molecule has 0 aliphatic carbocycles. The maximum atomic E-state index is 12.0. The smallest absolute Gasteiger partial charge is 0.349 e. The van der Waals surface area contributed by atoms with Crippen molar-refractivity contribution in [2.75, 3.05) is 31.2 Å². The number of hydrogen-bond acceptors (Lipinski definition) is 6. The lowest BCUT2D eigenvalue weighted by atomic mass is 10.2. The second kappa shape index (κ2) is 4.55. The summed E-state index contributed by atoms with van der Waals surface area (Å²) < 4.78 is 15.4. The fraction of sp³-hybridized carbons (Fsp3) is 0.385. The molecule has 0 atom stereocenters. The van der Waals surface area contributed by atoms with E-state index >= 15 is 0 Å². The van der Waals surface area contributed by atoms with E-state index < -0.39 is 11.3 Å². The Morgan fingerprint density at radius 1 is 1.11 bits per heavy atom. The first-order valence-corrected chi connectivity index (χ1v) is 6.06. The molecule has 0 saturated carbocycles. The zero-order chi connectivity index (χ0) is 13.4. The maximum Gasteiger partial charge on any atom is 0.349 e. The fourth-order valence-corrected chi connectivity index (χ4v) is 2.27. The van der Waals surface area contributed by atoms with E-state index in [2.05, 4.69) is 0 Å². The molecule has 0 unspecified atom stereocenters. The van der Waals surface area contributed by atoms with Crippen LogP contribution in [0.2, 0.25) is 0 Å². The molecule has 1 aliphatic heterocycles. The average molecular weight is 263 g/mol. The molecule has 0 spiro atoms. The molecule has 1 saturated heterocycles. The summed E-state index contributed by atoms with van der Waals surface area (Å²) in [5.41, 5.74) is -0.134. The van der Waals surface area contributed by atoms with Crippen molar-refractivity contribution in [2.24, 2.45) is 0 Å². The monoisotopic (exact) mass is 263 g/mol. The molecule has 100 valence electrons. The zero-order valence-electron chi connectivity index (χ0n) is 10.5. The van der Waals surface area contributed by atoms with Crippen molar-refractivity contribution in [1.29, 1.82) is 0 Å². The van der Waals surface area contributed by atoms with Crippen LogP contribution in [0.3, 0.4) is 0 Å². The quantitative estimate of drug-likeness (QED) is 0.760. The van der Waals surface area contributed by atoms with E-state index in [-0.39, 0.29) is 5.58 Å². The van der Waals surface area contributed by atoms with Gasteiger partial charge < -0.3 is 18.5 Å². The van der Waals surface area contributed by atoms with E-state index in [0.717, 1.165) is 0 Å². The van der Waals surface area contributed by atoms with Gasteiger partial charge in [-0.25, -0.2) is 9.59 Å². The number of nitrogens with zero attached hydrogens (tertiary/aromatic N) is 1. The first kappa shape index (κ1) is 12.0. The van der Waals surface area contributed by atoms with Gasteiger partial charge in [0.1, 0.15) is 11.1 Å². The van der Waals surface area contributed by atoms with E-state index in [1.54, 1.807) is 13.0 Å². The normalized spacial score (nSPS) is 15.9. The number of hydrogen-bond donors (Lipinski definition) is 0. The summed E-state index contributed by atoms with van der Waals surface area (Å²) in [6.45, 7) is 4.04. The second-order valence-electron chi connectivity index (χ2n) is 4.43. The molecule has 2 aromatic heterocycles. The van der Waals surface area contributed by atoms with Crippen LogP contribution in [-0.2, 0) is 4.74 Å². The third-order valence-electron chi connectivity index (χ3n) is 3.11. The Bertz CT molecular complexity index is 724. The van der Waals surface area contributed by atoms with Crippen molar-refractivity contribution in [2.45, 2.75) is 6.92 Å². The van der Waals surface area contributed by atoms with Crippen LogP contribution in [0.25, 0.3) is 11.0 Å². The number of ether oxygens (including phenoxy) is 1. The lowest BCUT2D eigenvalue weighted by Crippen LogP contribution is -2.37. The predicted octanol–water partition coefficient (Wildman–Crippen LogP) is 0.891. The van der Waals surface area contributed by atoms with Gasteiger partial charge in [-0.3, -0.25) is 0 Å². The Morgan fingerprint density at radius 3 is 2.58 bits per heavy atom. The molecule has 3 rings (SSSR count). The molecular formula is C13H13NO5. The highest BCUT2D eigenvalue weighted by Crippen LogP contribution is 2.23. The van der Waals surface area contributed by atoms with Gasteiger partial charge in [0.15, 0.2) is 5.58 Å². The van der Waals surface area contributed by atoms with E-state index in [0.29, 0.717) is 43.1 Å². The summed E-state index contributed by atoms with van der Waals surface area (Å²) in [4.78, 5) is 25.5. The third kappa shape index (κ3) is 2.15. The van der Waals surface area contributed by atoms with Gasteiger partial charge in [-0.05, 0) is 6.92 Å². The molecule has 0 amide bonds. The van der Waals surface area contributed by atoms with E-state index in [9.17, 15) is 9.59 Å². The van der Waals surface area contributed by atoms with Crippen LogP contribution in [-0.4, -0.2) is 26.3 Å². The molecule has 0 bridgehead atoms. The molecule has 0 radical (unpaired) electrons. The van der Waals surface area contributed by atoms with Crippen LogP contribution >= 0.6 is 0 Å². The molecule has 19 heavy (non-hydrogen) atoms. The summed E-state index contributed by atoms with van der Waals surface area (Å²) in [6, 6.07) is 2.89. The van der Waals surface area contributed by atoms with Gasteiger partial charge in [0.25, 0.3) is 0 Å². The number of anilines is 1. The summed E-state index contributed by atoms with van der Waals surface area (Å²) in [7, 11) is 0. The summed E-state index contributed by atoms with van der Waals surface area (Å²) in [6.07, 6.45) is 0. The van der Waals surface area contributed by atoms with Crippen molar-refractivity contribution in [3.05, 3.63) is 38.7 Å². The molecule has 0 aromatic carbocycles. The third-order valence-corrected chi connectivity index (χ3v) is 3.11. The lowest BCUT2D eigenvalue weighted by Gasteiger charge is -2.28. The van der Waals surface area contributed by atoms with Crippen LogP contribution in [0.1, 0.15) is 5.76 Å². The van der Waals surface area contributed by atoms with Crippen molar-refractivity contribution in [1.82, 2.24) is 0 Å². The first-order chi connectivity index (χ1) is 9.15. The van der Waals surface area contributed by atoms with E-state index in [1.807, 2.05) is 4.90 Å². The van der Waals surface area contributed by atoms with Gasteiger partial charge in [-0.1, -0.05) is 0 Å². The minimum Gasteiger partial charge on any atom is -0.427 e. The van der Waals surface area contributed by atoms with E-state index in [1.165, 1.54) is 6.07 Å². The fourth-order valence-electron chi connectivity index (χ4n) is 2.27. The summed E-state index contributed by atoms with van der Waals surface area (Å²) in [5.74, 6) is 0.416. The molecule has 1 fully saturated rings. The topological polar surface area (TPSA) is 72.9 Å². The van der Waals surface area contributed by atoms with Gasteiger partial charge >= 0.3 is 11.3 Å². The standard InChI is InChI=1S/C13H13NO5/c1-8-6-10-12(13(16)18-8)9(7-11(15)19-10)14-2-4-17-5-3-14/h6-7H,2-5H2,1H3. The number of fused-ring (bicyclic) bond motifs is 1. The van der Waals surface area contributed by atoms with Crippen LogP contribution < -0.4 is 16.2 Å². The molecular weight excluding hydrogens is 250 g/mol. The second-order valence-corrected chi connectivity index (χ2v) is 4.43. The Balaban J connectivity index is 2.28. The van der Waals surface area contributed by atoms with Gasteiger partial charge in [0.2, 0.25) is 0 Å². The van der Waals surface area contributed by atoms with E-state index in [4.69, 9.17) is 13.6 Å². The molecule has 6 nitrogen and oxygen atoms in total. The average Bonchev–Trinajstić information content (AvgIpc) is 2.38. The Hall–Kier alpha value is -2.08. The predicted molar refractivity (Wildman–Crippen MR) is 68.8 cm³/mol. The summed E-state index contributed by atoms with van der Waals surface area (Å²) >= 11 is 0. The van der Waals surface area contributed by atoms with Crippen LogP contribution in [0.15, 0.2) is 30.6 Å². The highest BCUT2D eigenvalue weighted by atomic mass is 16.5. The van der Waals surface area contributed by atoms with Crippen molar-refractivity contribution >= 4 is 16.7 Å². The van der Waals surface area contributed by atoms with Gasteiger partial charge in [0.05, 0.1) is 18.9 Å². The Kier molecular flexibility index (Phi) is 2.87. The highest BCUT2D eigenvalue weighted by Gasteiger charge is 2.19. The molecule has 3 heterocycles. The van der Waals surface area contributed by atoms with Gasteiger partial charge in [-0.15, -0.1) is 0 Å². The minimum atomic E-state index is -0.486. The molecule has 1 aliphatic rings. The van der Waals surface area contributed by atoms with Gasteiger partial charge in [-0.2, -0.15) is 0 Å². The van der Waals surface area contributed by atoms with Crippen molar-refractivity contribution < 1.29 is 13.6 Å². The number of aryl methyl sites for hydroxylation is 1. The number of rotatable bonds is 1. The molecule has 6 heteroatoms. The Morgan fingerprint density at radius 2 is 1.84 bits per heavy atom. The first-order valence-electron chi connectivity index (χ1n) is 6.06. The molecule has 2 aromatic rings. The SMILES string of the molecule is Cc1cc2oc(=O)cc(N3CCOCC3)c2c(=O)o1. The Labute approximate surface area is 108 Å². The largest absolute Gasteiger partial charge is 0.427 e. The summed E-state index contributed by atoms with van der Waals surface area (Å²) in [5, 5.41) is 0.312. The molecule has 0 N–H and O–H groups in total.